The van der Waals surface area contributed by atoms with E-state index in [0.29, 0.717) is 16.8 Å². The number of ether oxygens (including phenoxy) is 1. The molecule has 0 saturated carbocycles. The summed E-state index contributed by atoms with van der Waals surface area (Å²) in [5.41, 5.74) is 2.12. The Kier molecular flexibility index (Phi) is 6.33. The Bertz CT molecular complexity index is 879. The molecule has 0 radical (unpaired) electrons. The third-order valence-electron chi connectivity index (χ3n) is 4.71. The maximum Gasteiger partial charge on any atom is 0.341 e. The summed E-state index contributed by atoms with van der Waals surface area (Å²) in [6.45, 7) is 8.78. The molecule has 0 bridgehead atoms. The van der Waals surface area contributed by atoms with Crippen LogP contribution < -0.4 is 15.4 Å². The normalized spacial score (nSPS) is 18.5. The van der Waals surface area contributed by atoms with Crippen molar-refractivity contribution in [2.24, 2.45) is 0 Å². The summed E-state index contributed by atoms with van der Waals surface area (Å²) >= 11 is 7.96. The van der Waals surface area contributed by atoms with E-state index in [1.807, 2.05) is 12.1 Å². The fourth-order valence-electron chi connectivity index (χ4n) is 3.48. The van der Waals surface area contributed by atoms with E-state index in [9.17, 15) is 4.79 Å². The summed E-state index contributed by atoms with van der Waals surface area (Å²) in [5, 5.41) is 16.5. The van der Waals surface area contributed by atoms with Gasteiger partial charge in [0.25, 0.3) is 0 Å². The Balaban J connectivity index is 1.83. The quantitative estimate of drug-likeness (QED) is 0.580. The van der Waals surface area contributed by atoms with Crippen LogP contribution in [0, 0.1) is 0 Å². The van der Waals surface area contributed by atoms with Crippen LogP contribution in [0.1, 0.15) is 31.6 Å². The predicted molar refractivity (Wildman–Crippen MR) is 117 cm³/mol. The number of nitrogens with one attached hydrogen (secondary N) is 2. The highest BCUT2D eigenvalue weighted by Crippen LogP contribution is 2.46. The molecule has 0 aliphatic carbocycles. The Labute approximate surface area is 174 Å². The van der Waals surface area contributed by atoms with E-state index in [2.05, 4.69) is 43.2 Å². The van der Waals surface area contributed by atoms with Gasteiger partial charge in [0.2, 0.25) is 0 Å². The fraction of sp³-hybridized carbons (Fsp3) is 0.381. The molecular formula is C21H25ClN2O3S. The molecule has 2 aromatic rings. The molecule has 7 heteroatoms. The molecule has 2 heterocycles. The lowest BCUT2D eigenvalue weighted by atomic mass is 9.89. The standard InChI is InChI=1S/C21H25ClN2O3S/c1-4-16-19(27-12-17(25)26)18(22)20(28-16)13-6-5-7-14(10-13)24-15-8-9-23-21(2,3)11-15/h4-7,10,15,23-24H,1,8-9,11-12H2,2-3H3,(H,25,26). The van der Waals surface area contributed by atoms with Gasteiger partial charge in [-0.15, -0.1) is 11.3 Å². The fourth-order valence-corrected chi connectivity index (χ4v) is 4.91. The van der Waals surface area contributed by atoms with Gasteiger partial charge in [-0.1, -0.05) is 30.3 Å². The van der Waals surface area contributed by atoms with E-state index in [1.165, 1.54) is 11.3 Å². The SMILES string of the molecule is C=Cc1sc(-c2cccc(NC3CCNC(C)(C)C3)c2)c(Cl)c1OCC(=O)O. The van der Waals surface area contributed by atoms with Crippen molar-refractivity contribution in [2.45, 2.75) is 38.3 Å². The summed E-state index contributed by atoms with van der Waals surface area (Å²) in [4.78, 5) is 12.4. The number of benzene rings is 1. The highest BCUT2D eigenvalue weighted by molar-refractivity contribution is 7.17. The topological polar surface area (TPSA) is 70.6 Å². The van der Waals surface area contributed by atoms with E-state index in [1.54, 1.807) is 6.08 Å². The highest BCUT2D eigenvalue weighted by atomic mass is 35.5. The number of piperidine rings is 1. The number of carbonyl (C=O) groups is 1. The van der Waals surface area contributed by atoms with Crippen molar-refractivity contribution in [3.8, 4) is 16.2 Å². The number of aliphatic carboxylic acids is 1. The zero-order chi connectivity index (χ0) is 20.3. The summed E-state index contributed by atoms with van der Waals surface area (Å²) in [7, 11) is 0. The van der Waals surface area contributed by atoms with Gasteiger partial charge >= 0.3 is 5.97 Å². The van der Waals surface area contributed by atoms with Crippen LogP contribution in [-0.4, -0.2) is 35.8 Å². The zero-order valence-corrected chi connectivity index (χ0v) is 17.6. The summed E-state index contributed by atoms with van der Waals surface area (Å²) in [5.74, 6) is -0.674. The molecule has 1 fully saturated rings. The number of rotatable bonds is 7. The molecule has 5 nitrogen and oxygen atoms in total. The lowest BCUT2D eigenvalue weighted by Crippen LogP contribution is -2.49. The first-order valence-electron chi connectivity index (χ1n) is 9.20. The molecule has 1 aromatic heterocycles. The van der Waals surface area contributed by atoms with E-state index in [0.717, 1.165) is 40.4 Å². The molecule has 1 aromatic carbocycles. The van der Waals surface area contributed by atoms with E-state index in [-0.39, 0.29) is 5.54 Å². The van der Waals surface area contributed by atoms with Crippen LogP contribution in [0.3, 0.4) is 0 Å². The first kappa shape index (κ1) is 20.7. The molecule has 3 N–H and O–H groups in total. The Hall–Kier alpha value is -2.02. The molecule has 1 saturated heterocycles. The zero-order valence-electron chi connectivity index (χ0n) is 16.0. The first-order valence-corrected chi connectivity index (χ1v) is 10.4. The minimum absolute atomic E-state index is 0.125. The third kappa shape index (κ3) is 4.87. The molecule has 1 unspecified atom stereocenters. The molecular weight excluding hydrogens is 396 g/mol. The van der Waals surface area contributed by atoms with Gasteiger partial charge < -0.3 is 20.5 Å². The second-order valence-corrected chi connectivity index (χ2v) is 8.98. The predicted octanol–water partition coefficient (Wildman–Crippen LogP) is 5.12. The molecule has 0 amide bonds. The van der Waals surface area contributed by atoms with Crippen molar-refractivity contribution >= 4 is 40.7 Å². The van der Waals surface area contributed by atoms with Crippen LogP contribution in [0.25, 0.3) is 16.5 Å². The van der Waals surface area contributed by atoms with Gasteiger partial charge in [-0.05, 0) is 57.0 Å². The summed E-state index contributed by atoms with van der Waals surface area (Å²) in [6.07, 6.45) is 3.75. The molecule has 1 atom stereocenters. The van der Waals surface area contributed by atoms with Crippen molar-refractivity contribution in [1.29, 1.82) is 0 Å². The number of halogens is 1. The van der Waals surface area contributed by atoms with Gasteiger partial charge in [0.05, 0.1) is 9.75 Å². The number of carboxylic acids is 1. The van der Waals surface area contributed by atoms with Crippen molar-refractivity contribution in [1.82, 2.24) is 5.32 Å². The smallest absolute Gasteiger partial charge is 0.341 e. The van der Waals surface area contributed by atoms with Gasteiger partial charge in [-0.3, -0.25) is 0 Å². The Morgan fingerprint density at radius 3 is 3.00 bits per heavy atom. The van der Waals surface area contributed by atoms with E-state index >= 15 is 0 Å². The van der Waals surface area contributed by atoms with Crippen LogP contribution in [-0.2, 0) is 4.79 Å². The van der Waals surface area contributed by atoms with E-state index < -0.39 is 12.6 Å². The van der Waals surface area contributed by atoms with Crippen LogP contribution >= 0.6 is 22.9 Å². The number of hydrogen-bond donors (Lipinski definition) is 3. The summed E-state index contributed by atoms with van der Waals surface area (Å²) in [6, 6.07) is 8.51. The van der Waals surface area contributed by atoms with Gasteiger partial charge in [0.1, 0.15) is 5.02 Å². The first-order chi connectivity index (χ1) is 13.3. The number of carboxylic acid groups (broad SMARTS) is 1. The average molecular weight is 421 g/mol. The van der Waals surface area contributed by atoms with Gasteiger partial charge in [0, 0.05) is 17.3 Å². The minimum atomic E-state index is -1.05. The van der Waals surface area contributed by atoms with Crippen molar-refractivity contribution in [3.05, 3.63) is 40.7 Å². The summed E-state index contributed by atoms with van der Waals surface area (Å²) < 4.78 is 5.38. The van der Waals surface area contributed by atoms with Gasteiger partial charge in [0.15, 0.2) is 12.4 Å². The van der Waals surface area contributed by atoms with Crippen LogP contribution in [0.2, 0.25) is 5.02 Å². The van der Waals surface area contributed by atoms with Crippen LogP contribution in [0.4, 0.5) is 5.69 Å². The average Bonchev–Trinajstić information content (AvgIpc) is 2.95. The number of thiophene rings is 1. The van der Waals surface area contributed by atoms with Gasteiger partial charge in [-0.2, -0.15) is 0 Å². The van der Waals surface area contributed by atoms with Crippen LogP contribution in [0.5, 0.6) is 5.75 Å². The third-order valence-corrected chi connectivity index (χ3v) is 6.40. The monoisotopic (exact) mass is 420 g/mol. The molecule has 0 spiro atoms. The highest BCUT2D eigenvalue weighted by Gasteiger charge is 2.27. The van der Waals surface area contributed by atoms with Crippen LogP contribution in [0.15, 0.2) is 30.8 Å². The largest absolute Gasteiger partial charge is 0.479 e. The minimum Gasteiger partial charge on any atom is -0.479 e. The second kappa shape index (κ2) is 8.55. The molecule has 150 valence electrons. The van der Waals surface area contributed by atoms with Gasteiger partial charge in [-0.25, -0.2) is 4.79 Å². The maximum atomic E-state index is 10.8. The van der Waals surface area contributed by atoms with Crippen molar-refractivity contribution in [3.63, 3.8) is 0 Å². The second-order valence-electron chi connectivity index (χ2n) is 7.55. The van der Waals surface area contributed by atoms with E-state index in [4.69, 9.17) is 21.4 Å². The Morgan fingerprint density at radius 1 is 1.54 bits per heavy atom. The molecule has 3 rings (SSSR count). The lowest BCUT2D eigenvalue weighted by molar-refractivity contribution is -0.139. The molecule has 1 aliphatic heterocycles. The molecule has 1 aliphatic rings. The van der Waals surface area contributed by atoms with Crippen molar-refractivity contribution < 1.29 is 14.6 Å². The number of hydrogen-bond acceptors (Lipinski definition) is 5. The molecule has 28 heavy (non-hydrogen) atoms. The Morgan fingerprint density at radius 2 is 2.32 bits per heavy atom. The number of anilines is 1. The van der Waals surface area contributed by atoms with Crippen molar-refractivity contribution in [2.75, 3.05) is 18.5 Å². The lowest BCUT2D eigenvalue weighted by Gasteiger charge is -2.37. The maximum absolute atomic E-state index is 10.8.